The summed E-state index contributed by atoms with van der Waals surface area (Å²) in [5.41, 5.74) is 7.42. The average Bonchev–Trinajstić information content (AvgIpc) is 2.36. The molecule has 104 valence electrons. The number of hydrogen-bond donors (Lipinski definition) is 2. The predicted octanol–water partition coefficient (Wildman–Crippen LogP) is 2.94. The largest absolute Gasteiger partial charge is 0.399 e. The van der Waals surface area contributed by atoms with Crippen molar-refractivity contribution in [2.24, 2.45) is 0 Å². The number of anilines is 2. The molecule has 0 fully saturated rings. The number of para-hydroxylation sites is 1. The van der Waals surface area contributed by atoms with Gasteiger partial charge in [0, 0.05) is 18.2 Å². The van der Waals surface area contributed by atoms with Crippen molar-refractivity contribution >= 4 is 40.6 Å². The number of nitrogen functional groups attached to an aromatic ring is 1. The van der Waals surface area contributed by atoms with Crippen LogP contribution in [0.1, 0.15) is 12.0 Å². The number of nitrogens with one attached hydrogen (secondary N) is 1. The van der Waals surface area contributed by atoms with E-state index in [-0.39, 0.29) is 28.6 Å². The van der Waals surface area contributed by atoms with Gasteiger partial charge in [0.25, 0.3) is 0 Å². The van der Waals surface area contributed by atoms with Crippen LogP contribution in [-0.4, -0.2) is 15.9 Å². The Hall–Kier alpha value is -1.85. The molecule has 0 aliphatic carbocycles. The van der Waals surface area contributed by atoms with Crippen LogP contribution in [0.3, 0.4) is 0 Å². The lowest BCUT2D eigenvalue weighted by atomic mass is 10.1. The van der Waals surface area contributed by atoms with Gasteiger partial charge in [0.15, 0.2) is 0 Å². The quantitative estimate of drug-likeness (QED) is 0.517. The molecule has 5 nitrogen and oxygen atoms in total. The fourth-order valence-electron chi connectivity index (χ4n) is 1.67. The van der Waals surface area contributed by atoms with E-state index in [0.717, 1.165) is 5.56 Å². The summed E-state index contributed by atoms with van der Waals surface area (Å²) in [4.78, 5) is 19.4. The van der Waals surface area contributed by atoms with Gasteiger partial charge in [-0.15, -0.1) is 0 Å². The van der Waals surface area contributed by atoms with E-state index in [1.807, 2.05) is 18.2 Å². The molecule has 0 spiro atoms. The van der Waals surface area contributed by atoms with Crippen LogP contribution in [0.4, 0.5) is 11.5 Å². The smallest absolute Gasteiger partial charge is 0.225 e. The monoisotopic (exact) mass is 310 g/mol. The van der Waals surface area contributed by atoms with Gasteiger partial charge >= 0.3 is 0 Å². The first kappa shape index (κ1) is 14.6. The summed E-state index contributed by atoms with van der Waals surface area (Å²) in [5.74, 6) is 0.0834. The van der Waals surface area contributed by atoms with Crippen LogP contribution < -0.4 is 11.1 Å². The van der Waals surface area contributed by atoms with Crippen LogP contribution in [0.5, 0.6) is 0 Å². The van der Waals surface area contributed by atoms with E-state index >= 15 is 0 Å². The predicted molar refractivity (Wildman–Crippen MR) is 79.9 cm³/mol. The fraction of sp³-hybridized carbons (Fsp3) is 0.154. The topological polar surface area (TPSA) is 80.9 Å². The summed E-state index contributed by atoms with van der Waals surface area (Å²) in [7, 11) is 0. The van der Waals surface area contributed by atoms with E-state index in [1.54, 1.807) is 6.07 Å². The SMILES string of the molecule is Nc1ccccc1CCC(=O)Nc1cc(Cl)nc(Cl)n1. The van der Waals surface area contributed by atoms with E-state index in [1.165, 1.54) is 6.07 Å². The maximum Gasteiger partial charge on any atom is 0.225 e. The molecule has 7 heteroatoms. The molecular weight excluding hydrogens is 299 g/mol. The second kappa shape index (κ2) is 6.54. The Balaban J connectivity index is 1.94. The molecule has 1 aromatic carbocycles. The van der Waals surface area contributed by atoms with E-state index in [9.17, 15) is 4.79 Å². The Morgan fingerprint density at radius 2 is 2.00 bits per heavy atom. The Labute approximate surface area is 126 Å². The van der Waals surface area contributed by atoms with Crippen molar-refractivity contribution < 1.29 is 4.79 Å². The first-order valence-electron chi connectivity index (χ1n) is 5.88. The van der Waals surface area contributed by atoms with Crippen LogP contribution in [-0.2, 0) is 11.2 Å². The van der Waals surface area contributed by atoms with Crippen molar-refractivity contribution in [3.8, 4) is 0 Å². The van der Waals surface area contributed by atoms with E-state index < -0.39 is 0 Å². The summed E-state index contributed by atoms with van der Waals surface area (Å²) in [5, 5.41) is 2.77. The third-order valence-corrected chi connectivity index (χ3v) is 2.97. The van der Waals surface area contributed by atoms with Gasteiger partial charge in [-0.25, -0.2) is 9.97 Å². The standard InChI is InChI=1S/C13H12Cl2N4O/c14-10-7-11(19-13(15)17-10)18-12(20)6-5-8-3-1-2-4-9(8)16/h1-4,7H,5-6,16H2,(H,17,18,19,20). The van der Waals surface area contributed by atoms with Crippen molar-refractivity contribution in [2.45, 2.75) is 12.8 Å². The summed E-state index contributed by atoms with van der Waals surface area (Å²) in [6.07, 6.45) is 0.832. The lowest BCUT2D eigenvalue weighted by Crippen LogP contribution is -2.14. The summed E-state index contributed by atoms with van der Waals surface area (Å²) >= 11 is 11.4. The molecule has 1 amide bonds. The Bertz CT molecular complexity index is 613. The van der Waals surface area contributed by atoms with Crippen molar-refractivity contribution in [3.63, 3.8) is 0 Å². The molecule has 0 bridgehead atoms. The molecule has 0 atom stereocenters. The highest BCUT2D eigenvalue weighted by Crippen LogP contribution is 2.16. The van der Waals surface area contributed by atoms with Gasteiger partial charge in [0.05, 0.1) is 0 Å². The van der Waals surface area contributed by atoms with Crippen LogP contribution >= 0.6 is 23.2 Å². The molecule has 0 aliphatic rings. The van der Waals surface area contributed by atoms with Crippen molar-refractivity contribution in [2.75, 3.05) is 11.1 Å². The Morgan fingerprint density at radius 3 is 2.70 bits per heavy atom. The third kappa shape index (κ3) is 4.08. The average molecular weight is 311 g/mol. The van der Waals surface area contributed by atoms with E-state index in [4.69, 9.17) is 28.9 Å². The normalized spacial score (nSPS) is 10.3. The lowest BCUT2D eigenvalue weighted by molar-refractivity contribution is -0.116. The highest BCUT2D eigenvalue weighted by atomic mass is 35.5. The molecule has 1 heterocycles. The second-order valence-corrected chi connectivity index (χ2v) is 4.82. The van der Waals surface area contributed by atoms with Crippen LogP contribution in [0.2, 0.25) is 10.4 Å². The minimum absolute atomic E-state index is 0.0138. The summed E-state index contributed by atoms with van der Waals surface area (Å²) in [6, 6.07) is 8.86. The van der Waals surface area contributed by atoms with Gasteiger partial charge in [-0.05, 0) is 29.7 Å². The molecule has 1 aromatic heterocycles. The number of hydrogen-bond acceptors (Lipinski definition) is 4. The van der Waals surface area contributed by atoms with Gasteiger partial charge in [-0.3, -0.25) is 4.79 Å². The van der Waals surface area contributed by atoms with Gasteiger partial charge < -0.3 is 11.1 Å². The minimum Gasteiger partial charge on any atom is -0.399 e. The number of benzene rings is 1. The highest BCUT2D eigenvalue weighted by Gasteiger charge is 2.07. The zero-order valence-corrected chi connectivity index (χ0v) is 11.9. The molecule has 0 saturated heterocycles. The number of carbonyl (C=O) groups excluding carboxylic acids is 1. The molecule has 0 aliphatic heterocycles. The number of amides is 1. The van der Waals surface area contributed by atoms with Gasteiger partial charge in [0.1, 0.15) is 11.0 Å². The third-order valence-electron chi connectivity index (χ3n) is 2.61. The zero-order chi connectivity index (χ0) is 14.5. The number of rotatable bonds is 4. The Morgan fingerprint density at radius 1 is 1.25 bits per heavy atom. The fourth-order valence-corrected chi connectivity index (χ4v) is 2.08. The lowest BCUT2D eigenvalue weighted by Gasteiger charge is -2.06. The minimum atomic E-state index is -0.195. The summed E-state index contributed by atoms with van der Waals surface area (Å²) < 4.78 is 0. The van der Waals surface area contributed by atoms with Crippen molar-refractivity contribution in [1.29, 1.82) is 0 Å². The number of aromatic nitrogens is 2. The first-order valence-corrected chi connectivity index (χ1v) is 6.63. The molecule has 3 N–H and O–H groups in total. The molecule has 20 heavy (non-hydrogen) atoms. The van der Waals surface area contributed by atoms with Gasteiger partial charge in [-0.2, -0.15) is 0 Å². The second-order valence-electron chi connectivity index (χ2n) is 4.09. The maximum atomic E-state index is 11.8. The Kier molecular flexibility index (Phi) is 4.76. The van der Waals surface area contributed by atoms with Crippen LogP contribution in [0, 0.1) is 0 Å². The van der Waals surface area contributed by atoms with Crippen LogP contribution in [0.25, 0.3) is 0 Å². The molecule has 2 rings (SSSR count). The van der Waals surface area contributed by atoms with Gasteiger partial charge in [0.2, 0.25) is 11.2 Å². The molecular formula is C13H12Cl2N4O. The number of nitrogens with two attached hydrogens (primary N) is 1. The summed E-state index contributed by atoms with van der Waals surface area (Å²) in [6.45, 7) is 0. The zero-order valence-electron chi connectivity index (χ0n) is 10.4. The molecule has 2 aromatic rings. The maximum absolute atomic E-state index is 11.8. The number of halogens is 2. The molecule has 0 saturated carbocycles. The van der Waals surface area contributed by atoms with Gasteiger partial charge in [-0.1, -0.05) is 29.8 Å². The molecule has 0 radical (unpaired) electrons. The first-order chi connectivity index (χ1) is 9.54. The number of carbonyl (C=O) groups is 1. The van der Waals surface area contributed by atoms with E-state index in [0.29, 0.717) is 12.1 Å². The molecule has 0 unspecified atom stereocenters. The number of aryl methyl sites for hydroxylation is 1. The number of nitrogens with zero attached hydrogens (tertiary/aromatic N) is 2. The van der Waals surface area contributed by atoms with Crippen molar-refractivity contribution in [3.05, 3.63) is 46.3 Å². The van der Waals surface area contributed by atoms with E-state index in [2.05, 4.69) is 15.3 Å². The van der Waals surface area contributed by atoms with Crippen molar-refractivity contribution in [1.82, 2.24) is 9.97 Å². The highest BCUT2D eigenvalue weighted by molar-refractivity contribution is 6.32. The van der Waals surface area contributed by atoms with Crippen LogP contribution in [0.15, 0.2) is 30.3 Å².